The largest absolute Gasteiger partial charge is 0.394 e. The van der Waals surface area contributed by atoms with Gasteiger partial charge in [-0.25, -0.2) is 0 Å². The van der Waals surface area contributed by atoms with Gasteiger partial charge < -0.3 is 39.4 Å². The van der Waals surface area contributed by atoms with E-state index >= 15 is 0 Å². The molecule has 1 aliphatic rings. The maximum atomic E-state index is 11.8. The summed E-state index contributed by atoms with van der Waals surface area (Å²) in [6, 6.07) is 27.6. The Morgan fingerprint density at radius 2 is 1.30 bits per heavy atom. The predicted octanol–water partition coefficient (Wildman–Crippen LogP) is 5.29. The average Bonchev–Trinajstić information content (AvgIpc) is 3.10. The van der Waals surface area contributed by atoms with Crippen LogP contribution in [-0.2, 0) is 24.7 Å². The van der Waals surface area contributed by atoms with Crippen LogP contribution in [0, 0.1) is 0 Å². The average molecular weight is 637 g/mol. The van der Waals surface area contributed by atoms with Crippen molar-refractivity contribution in [3.8, 4) is 0 Å². The molecule has 3 aromatic rings. The van der Waals surface area contributed by atoms with Crippen molar-refractivity contribution in [2.75, 3.05) is 33.0 Å². The first kappa shape index (κ1) is 36.2. The molecule has 3 aromatic carbocycles. The lowest BCUT2D eigenvalue weighted by Gasteiger charge is -2.49. The highest BCUT2D eigenvalue weighted by Gasteiger charge is 2.56. The van der Waals surface area contributed by atoms with E-state index in [2.05, 4.69) is 13.8 Å². The molecule has 4 N–H and O–H groups in total. The highest BCUT2D eigenvalue weighted by molar-refractivity contribution is 5.48. The Bertz CT molecular complexity index is 1220. The van der Waals surface area contributed by atoms with Gasteiger partial charge in [-0.1, -0.05) is 124 Å². The summed E-state index contributed by atoms with van der Waals surface area (Å²) in [6.07, 6.45) is -0.459. The summed E-state index contributed by atoms with van der Waals surface area (Å²) in [5, 5.41) is 44.0. The van der Waals surface area contributed by atoms with Crippen LogP contribution >= 0.6 is 0 Å². The predicted molar refractivity (Wildman–Crippen MR) is 177 cm³/mol. The van der Waals surface area contributed by atoms with Crippen molar-refractivity contribution in [3.63, 3.8) is 0 Å². The van der Waals surface area contributed by atoms with Crippen molar-refractivity contribution in [1.29, 1.82) is 0 Å². The van der Waals surface area contributed by atoms with E-state index in [1.807, 2.05) is 84.9 Å². The second-order valence-electron chi connectivity index (χ2n) is 12.1. The van der Waals surface area contributed by atoms with Crippen LogP contribution in [0.2, 0.25) is 0 Å². The van der Waals surface area contributed by atoms with Gasteiger partial charge in [-0.15, -0.1) is 0 Å². The fourth-order valence-corrected chi connectivity index (χ4v) is 6.10. The SMILES string of the molecule is CCCCCOCC(CO[C@]1(c2ccccc2C(c2ccccc2)c2ccccc2)O[C@H](CO)[C@@H](O)[C@H](O)[C@H]1O)OCCCCC. The number of ether oxygens (including phenoxy) is 4. The maximum Gasteiger partial charge on any atom is 0.225 e. The quantitative estimate of drug-likeness (QED) is 0.104. The normalized spacial score (nSPS) is 23.9. The van der Waals surface area contributed by atoms with Gasteiger partial charge in [0, 0.05) is 24.7 Å². The molecule has 0 radical (unpaired) electrons. The van der Waals surface area contributed by atoms with Crippen LogP contribution < -0.4 is 0 Å². The molecule has 6 atom stereocenters. The van der Waals surface area contributed by atoms with Gasteiger partial charge in [0.05, 0.1) is 19.8 Å². The topological polar surface area (TPSA) is 118 Å². The van der Waals surface area contributed by atoms with Gasteiger partial charge in [0.1, 0.15) is 30.5 Å². The van der Waals surface area contributed by atoms with Crippen LogP contribution in [0.1, 0.15) is 80.5 Å². The second-order valence-corrected chi connectivity index (χ2v) is 12.1. The lowest BCUT2D eigenvalue weighted by Crippen LogP contribution is -2.65. The molecule has 8 heteroatoms. The van der Waals surface area contributed by atoms with Gasteiger partial charge in [0.2, 0.25) is 5.79 Å². The molecule has 0 aromatic heterocycles. The van der Waals surface area contributed by atoms with E-state index in [0.29, 0.717) is 18.8 Å². The second kappa shape index (κ2) is 18.6. The Balaban J connectivity index is 1.76. The van der Waals surface area contributed by atoms with E-state index in [1.54, 1.807) is 0 Å². The molecule has 1 fully saturated rings. The van der Waals surface area contributed by atoms with Crippen LogP contribution in [0.4, 0.5) is 0 Å². The molecule has 8 nitrogen and oxygen atoms in total. The molecule has 0 bridgehead atoms. The van der Waals surface area contributed by atoms with E-state index in [1.165, 1.54) is 0 Å². The fourth-order valence-electron chi connectivity index (χ4n) is 6.10. The minimum atomic E-state index is -1.95. The Morgan fingerprint density at radius 1 is 0.717 bits per heavy atom. The van der Waals surface area contributed by atoms with Crippen LogP contribution in [0.25, 0.3) is 0 Å². The molecule has 1 saturated heterocycles. The zero-order valence-electron chi connectivity index (χ0n) is 27.2. The van der Waals surface area contributed by atoms with Crippen molar-refractivity contribution >= 4 is 0 Å². The number of rotatable bonds is 19. The smallest absolute Gasteiger partial charge is 0.225 e. The standard InChI is InChI=1S/C38H52O8/c1-3-5-15-23-43-26-30(44-24-16-6-4-2)27-45-38(37(42)36(41)35(40)33(25-39)46-38)32-22-14-13-21-31(32)34(28-17-9-7-10-18-28)29-19-11-8-12-20-29/h7-14,17-22,30,33-37,39-42H,3-6,15-16,23-27H2,1-2H3/t30?,33-,35-,36+,37-,38-/m1/s1. The Morgan fingerprint density at radius 3 is 1.91 bits per heavy atom. The molecular formula is C38H52O8. The van der Waals surface area contributed by atoms with Crippen LogP contribution in [0.5, 0.6) is 0 Å². The number of aliphatic hydroxyl groups is 4. The number of hydrogen-bond donors (Lipinski definition) is 4. The molecule has 0 spiro atoms. The first-order valence-corrected chi connectivity index (χ1v) is 16.8. The summed E-state index contributed by atoms with van der Waals surface area (Å²) in [7, 11) is 0. The third kappa shape index (κ3) is 9.02. The van der Waals surface area contributed by atoms with Gasteiger partial charge in [0.25, 0.3) is 0 Å². The van der Waals surface area contributed by atoms with Crippen LogP contribution in [-0.4, -0.2) is 84.0 Å². The third-order valence-corrected chi connectivity index (χ3v) is 8.64. The molecule has 1 unspecified atom stereocenters. The van der Waals surface area contributed by atoms with E-state index in [0.717, 1.165) is 55.2 Å². The number of aliphatic hydroxyl groups excluding tert-OH is 4. The minimum Gasteiger partial charge on any atom is -0.394 e. The monoisotopic (exact) mass is 636 g/mol. The van der Waals surface area contributed by atoms with Gasteiger partial charge in [-0.3, -0.25) is 0 Å². The van der Waals surface area contributed by atoms with Gasteiger partial charge in [-0.2, -0.15) is 0 Å². The van der Waals surface area contributed by atoms with Crippen molar-refractivity contribution in [2.24, 2.45) is 0 Å². The third-order valence-electron chi connectivity index (χ3n) is 8.64. The van der Waals surface area contributed by atoms with E-state index in [4.69, 9.17) is 18.9 Å². The summed E-state index contributed by atoms with van der Waals surface area (Å²) >= 11 is 0. The lowest BCUT2D eigenvalue weighted by molar-refractivity contribution is -0.377. The lowest BCUT2D eigenvalue weighted by atomic mass is 9.78. The van der Waals surface area contributed by atoms with Gasteiger partial charge in [0.15, 0.2) is 0 Å². The molecule has 0 saturated carbocycles. The summed E-state index contributed by atoms with van der Waals surface area (Å²) in [6.45, 7) is 5.08. The molecule has 4 rings (SSSR count). The van der Waals surface area contributed by atoms with E-state index < -0.39 is 42.9 Å². The Hall–Kier alpha value is -2.66. The minimum absolute atomic E-state index is 0.0202. The Labute approximate surface area is 273 Å². The van der Waals surface area contributed by atoms with Crippen LogP contribution in [0.3, 0.4) is 0 Å². The van der Waals surface area contributed by atoms with Crippen LogP contribution in [0.15, 0.2) is 84.9 Å². The van der Waals surface area contributed by atoms with E-state index in [9.17, 15) is 20.4 Å². The van der Waals surface area contributed by atoms with Crippen molar-refractivity contribution in [2.45, 2.75) is 94.6 Å². The van der Waals surface area contributed by atoms with Crippen molar-refractivity contribution in [1.82, 2.24) is 0 Å². The molecular weight excluding hydrogens is 584 g/mol. The molecule has 1 aliphatic heterocycles. The van der Waals surface area contributed by atoms with E-state index in [-0.39, 0.29) is 19.1 Å². The van der Waals surface area contributed by atoms with Crippen molar-refractivity contribution < 1.29 is 39.4 Å². The molecule has 1 heterocycles. The van der Waals surface area contributed by atoms with Crippen molar-refractivity contribution in [3.05, 3.63) is 107 Å². The summed E-state index contributed by atoms with van der Waals surface area (Å²) in [4.78, 5) is 0. The summed E-state index contributed by atoms with van der Waals surface area (Å²) < 4.78 is 25.2. The molecule has 0 aliphatic carbocycles. The molecule has 46 heavy (non-hydrogen) atoms. The van der Waals surface area contributed by atoms with Gasteiger partial charge in [-0.05, 0) is 29.5 Å². The number of hydrogen-bond acceptors (Lipinski definition) is 8. The first-order chi connectivity index (χ1) is 22.5. The van der Waals surface area contributed by atoms with Gasteiger partial charge >= 0.3 is 0 Å². The first-order valence-electron chi connectivity index (χ1n) is 16.8. The fraction of sp³-hybridized carbons (Fsp3) is 0.526. The maximum absolute atomic E-state index is 11.8. The molecule has 0 amide bonds. The summed E-state index contributed by atoms with van der Waals surface area (Å²) in [5.41, 5.74) is 3.30. The zero-order valence-corrected chi connectivity index (χ0v) is 27.2. The molecule has 252 valence electrons. The number of unbranched alkanes of at least 4 members (excludes halogenated alkanes) is 4. The zero-order chi connectivity index (χ0) is 32.8. The Kier molecular flexibility index (Phi) is 14.6. The number of benzene rings is 3. The highest BCUT2D eigenvalue weighted by atomic mass is 16.7. The summed E-state index contributed by atoms with van der Waals surface area (Å²) in [5.74, 6) is -2.23. The highest BCUT2D eigenvalue weighted by Crippen LogP contribution is 2.45.